The van der Waals surface area contributed by atoms with Crippen LogP contribution in [0.15, 0.2) is 36.5 Å². The van der Waals surface area contributed by atoms with Gasteiger partial charge < -0.3 is 16.0 Å². The number of aromatic nitrogens is 2. The first-order valence-corrected chi connectivity index (χ1v) is 9.77. The van der Waals surface area contributed by atoms with E-state index in [2.05, 4.69) is 10.4 Å². The molecule has 2 amide bonds. The number of hydrogen-bond acceptors (Lipinski definition) is 4. The zero-order valence-electron chi connectivity index (χ0n) is 16.4. The fourth-order valence-corrected chi connectivity index (χ4v) is 4.76. The molecule has 0 radical (unpaired) electrons. The molecule has 4 rings (SSSR count). The maximum atomic E-state index is 13.7. The Balaban J connectivity index is 1.66. The van der Waals surface area contributed by atoms with Gasteiger partial charge in [0.05, 0.1) is 17.5 Å². The number of benzene rings is 1. The molecule has 28 heavy (non-hydrogen) atoms. The van der Waals surface area contributed by atoms with E-state index in [1.807, 2.05) is 49.2 Å². The van der Waals surface area contributed by atoms with Gasteiger partial charge in [0.15, 0.2) is 0 Å². The molecular formula is C21H27N5O2. The van der Waals surface area contributed by atoms with Crippen molar-refractivity contribution >= 4 is 11.8 Å². The van der Waals surface area contributed by atoms with Crippen LogP contribution in [0, 0.1) is 12.8 Å². The molecule has 2 saturated heterocycles. The van der Waals surface area contributed by atoms with Crippen LogP contribution in [-0.2, 0) is 22.1 Å². The quantitative estimate of drug-likeness (QED) is 0.815. The Morgan fingerprint density at radius 3 is 2.57 bits per heavy atom. The van der Waals surface area contributed by atoms with Gasteiger partial charge in [-0.15, -0.1) is 0 Å². The van der Waals surface area contributed by atoms with E-state index in [-0.39, 0.29) is 17.7 Å². The lowest BCUT2D eigenvalue weighted by molar-refractivity contribution is -0.136. The number of rotatable bonds is 4. The maximum Gasteiger partial charge on any atom is 0.234 e. The van der Waals surface area contributed by atoms with Crippen molar-refractivity contribution in [1.29, 1.82) is 0 Å². The number of carbonyl (C=O) groups excluding carboxylic acids is 2. The molecule has 7 heteroatoms. The average Bonchev–Trinajstić information content (AvgIpc) is 3.42. The van der Waals surface area contributed by atoms with Gasteiger partial charge in [0.1, 0.15) is 0 Å². The van der Waals surface area contributed by atoms with Crippen LogP contribution < -0.4 is 11.1 Å². The molecule has 0 spiro atoms. The lowest BCUT2D eigenvalue weighted by Gasteiger charge is -2.32. The minimum Gasteiger partial charge on any atom is -0.369 e. The van der Waals surface area contributed by atoms with Gasteiger partial charge in [0.25, 0.3) is 0 Å². The van der Waals surface area contributed by atoms with E-state index in [0.717, 1.165) is 29.8 Å². The van der Waals surface area contributed by atoms with Crippen LogP contribution in [0.3, 0.4) is 0 Å². The molecule has 148 valence electrons. The molecule has 0 bridgehead atoms. The standard InChI is InChI=1S/C21H27N5O2/c1-14-16(10-24-25(14)2)17-11-26(12-18(17)19(22)27)20(28)21(8-9-23-13-21)15-6-4-3-5-7-15/h3-7,10,17-18,23H,8-9,11-13H2,1-2H3,(H2,22,27)/t17-,18+,21?/m0/s1. The molecule has 1 aromatic carbocycles. The summed E-state index contributed by atoms with van der Waals surface area (Å²) in [7, 11) is 1.88. The number of primary amides is 1. The Labute approximate surface area is 164 Å². The second kappa shape index (κ2) is 7.05. The summed E-state index contributed by atoms with van der Waals surface area (Å²) >= 11 is 0. The van der Waals surface area contributed by atoms with Crippen molar-refractivity contribution in [2.75, 3.05) is 26.2 Å². The summed E-state index contributed by atoms with van der Waals surface area (Å²) < 4.78 is 1.80. The molecule has 7 nitrogen and oxygen atoms in total. The summed E-state index contributed by atoms with van der Waals surface area (Å²) in [5.74, 6) is -0.785. The number of amides is 2. The summed E-state index contributed by atoms with van der Waals surface area (Å²) in [6.07, 6.45) is 2.55. The largest absolute Gasteiger partial charge is 0.369 e. The minimum atomic E-state index is -0.581. The number of hydrogen-bond donors (Lipinski definition) is 2. The average molecular weight is 381 g/mol. The molecule has 2 aliphatic rings. The lowest BCUT2D eigenvalue weighted by Crippen LogP contribution is -2.48. The van der Waals surface area contributed by atoms with Gasteiger partial charge in [0, 0.05) is 38.3 Å². The zero-order valence-corrected chi connectivity index (χ0v) is 16.4. The Morgan fingerprint density at radius 1 is 1.25 bits per heavy atom. The molecule has 3 N–H and O–H groups in total. The molecule has 3 heterocycles. The number of nitrogens with one attached hydrogen (secondary N) is 1. The van der Waals surface area contributed by atoms with Gasteiger partial charge in [-0.3, -0.25) is 14.3 Å². The second-order valence-corrected chi connectivity index (χ2v) is 8.01. The number of carbonyl (C=O) groups is 2. The van der Waals surface area contributed by atoms with Crippen LogP contribution in [0.5, 0.6) is 0 Å². The van der Waals surface area contributed by atoms with Crippen LogP contribution in [0.1, 0.15) is 29.2 Å². The van der Waals surface area contributed by atoms with E-state index >= 15 is 0 Å². The van der Waals surface area contributed by atoms with Gasteiger partial charge in [-0.2, -0.15) is 5.10 Å². The smallest absolute Gasteiger partial charge is 0.234 e. The predicted molar refractivity (Wildman–Crippen MR) is 106 cm³/mol. The van der Waals surface area contributed by atoms with Crippen LogP contribution >= 0.6 is 0 Å². The van der Waals surface area contributed by atoms with Crippen molar-refractivity contribution in [1.82, 2.24) is 20.0 Å². The van der Waals surface area contributed by atoms with E-state index in [9.17, 15) is 9.59 Å². The highest BCUT2D eigenvalue weighted by Crippen LogP contribution is 2.39. The van der Waals surface area contributed by atoms with Crippen LogP contribution in [0.4, 0.5) is 0 Å². The highest BCUT2D eigenvalue weighted by molar-refractivity contribution is 5.90. The molecule has 1 unspecified atom stereocenters. The highest BCUT2D eigenvalue weighted by Gasteiger charge is 2.49. The Kier molecular flexibility index (Phi) is 4.71. The molecule has 2 aromatic rings. The molecule has 1 aromatic heterocycles. The van der Waals surface area contributed by atoms with Crippen LogP contribution in [-0.4, -0.2) is 52.7 Å². The van der Waals surface area contributed by atoms with Gasteiger partial charge in [-0.25, -0.2) is 0 Å². The second-order valence-electron chi connectivity index (χ2n) is 8.01. The number of nitrogens with two attached hydrogens (primary N) is 1. The number of nitrogens with zero attached hydrogens (tertiary/aromatic N) is 3. The molecule has 0 aliphatic carbocycles. The van der Waals surface area contributed by atoms with Crippen molar-refractivity contribution in [2.45, 2.75) is 24.7 Å². The summed E-state index contributed by atoms with van der Waals surface area (Å²) in [5.41, 5.74) is 8.18. The van der Waals surface area contributed by atoms with Crippen molar-refractivity contribution < 1.29 is 9.59 Å². The molecule has 0 saturated carbocycles. The minimum absolute atomic E-state index is 0.0824. The van der Waals surface area contributed by atoms with Gasteiger partial charge in [-0.1, -0.05) is 30.3 Å². The van der Waals surface area contributed by atoms with Gasteiger partial charge >= 0.3 is 0 Å². The van der Waals surface area contributed by atoms with E-state index in [1.54, 1.807) is 10.9 Å². The van der Waals surface area contributed by atoms with Gasteiger partial charge in [0.2, 0.25) is 11.8 Å². The maximum absolute atomic E-state index is 13.7. The highest BCUT2D eigenvalue weighted by atomic mass is 16.2. The third kappa shape index (κ3) is 2.90. The van der Waals surface area contributed by atoms with E-state index in [0.29, 0.717) is 19.6 Å². The third-order valence-corrected chi connectivity index (χ3v) is 6.54. The molecule has 2 aliphatic heterocycles. The zero-order chi connectivity index (χ0) is 19.9. The summed E-state index contributed by atoms with van der Waals surface area (Å²) in [6.45, 7) is 4.26. The lowest BCUT2D eigenvalue weighted by atomic mass is 9.78. The van der Waals surface area contributed by atoms with Crippen molar-refractivity contribution in [2.24, 2.45) is 18.7 Å². The topological polar surface area (TPSA) is 93.2 Å². The van der Waals surface area contributed by atoms with Crippen molar-refractivity contribution in [3.8, 4) is 0 Å². The number of likely N-dealkylation sites (tertiary alicyclic amines) is 1. The van der Waals surface area contributed by atoms with E-state index in [1.165, 1.54) is 0 Å². The predicted octanol–water partition coefficient (Wildman–Crippen LogP) is 0.687. The summed E-state index contributed by atoms with van der Waals surface area (Å²) in [5, 5.41) is 7.67. The van der Waals surface area contributed by atoms with Crippen molar-refractivity contribution in [3.63, 3.8) is 0 Å². The van der Waals surface area contributed by atoms with Crippen LogP contribution in [0.2, 0.25) is 0 Å². The monoisotopic (exact) mass is 381 g/mol. The first kappa shape index (κ1) is 18.7. The van der Waals surface area contributed by atoms with Crippen molar-refractivity contribution in [3.05, 3.63) is 53.3 Å². The summed E-state index contributed by atoms with van der Waals surface area (Å²) in [4.78, 5) is 27.7. The van der Waals surface area contributed by atoms with Gasteiger partial charge in [-0.05, 0) is 31.0 Å². The SMILES string of the molecule is Cc1c([C@@H]2CN(C(=O)C3(c4ccccc4)CCNC3)C[C@H]2C(N)=O)cnn1C. The fraction of sp³-hybridized carbons (Fsp3) is 0.476. The Hall–Kier alpha value is -2.67. The summed E-state index contributed by atoms with van der Waals surface area (Å²) in [6, 6.07) is 9.95. The Bertz CT molecular complexity index is 885. The first-order chi connectivity index (χ1) is 13.4. The number of aryl methyl sites for hydroxylation is 1. The van der Waals surface area contributed by atoms with E-state index < -0.39 is 11.3 Å². The normalized spacial score (nSPS) is 27.3. The third-order valence-electron chi connectivity index (χ3n) is 6.54. The molecular weight excluding hydrogens is 354 g/mol. The van der Waals surface area contributed by atoms with E-state index in [4.69, 9.17) is 5.73 Å². The molecule has 2 fully saturated rings. The fourth-order valence-electron chi connectivity index (χ4n) is 4.76. The molecule has 3 atom stereocenters. The van der Waals surface area contributed by atoms with Crippen LogP contribution in [0.25, 0.3) is 0 Å². The Morgan fingerprint density at radius 2 is 2.00 bits per heavy atom. The first-order valence-electron chi connectivity index (χ1n) is 9.77.